The molecule has 326 valence electrons. The Morgan fingerprint density at radius 2 is 0.571 bits per heavy atom. The van der Waals surface area contributed by atoms with E-state index in [2.05, 4.69) is 252 Å². The van der Waals surface area contributed by atoms with E-state index in [1.807, 2.05) is 0 Å². The van der Waals surface area contributed by atoms with Gasteiger partial charge in [-0.25, -0.2) is 0 Å². The van der Waals surface area contributed by atoms with Crippen molar-refractivity contribution in [3.05, 3.63) is 243 Å². The van der Waals surface area contributed by atoms with Crippen molar-refractivity contribution in [2.24, 2.45) is 0 Å². The standard InChI is InChI=1S/C66H40N2O2/c1-3-17-45(18-4-1)67(47-31-33-51-43(37-47)29-27-41-15-7-9-21-49(41)51)59-39-61-63(55-25-13-11-23-53(55)59)57-35-36-58-64-56-26-14-12-24-54(56)60(40-62(64)70-66(58)65(57)69-61)68(46-19-5-2-6-20-46)48-32-34-52-44(38-48)30-28-42-16-8-10-22-50(42)52/h1-40H. The molecule has 0 atom stereocenters. The van der Waals surface area contributed by atoms with Crippen molar-refractivity contribution in [1.82, 2.24) is 0 Å². The first-order valence-corrected chi connectivity index (χ1v) is 23.9. The van der Waals surface area contributed by atoms with Crippen LogP contribution in [0.1, 0.15) is 0 Å². The minimum absolute atomic E-state index is 0.738. The summed E-state index contributed by atoms with van der Waals surface area (Å²) in [6.07, 6.45) is 0. The van der Waals surface area contributed by atoms with E-state index in [4.69, 9.17) is 8.83 Å². The van der Waals surface area contributed by atoms with Gasteiger partial charge in [0.15, 0.2) is 11.2 Å². The van der Waals surface area contributed by atoms with Crippen LogP contribution in [-0.2, 0) is 0 Å². The Labute approximate surface area is 402 Å². The Bertz CT molecular complexity index is 4310. The molecule has 0 N–H and O–H groups in total. The second kappa shape index (κ2) is 15.1. The maximum Gasteiger partial charge on any atom is 0.178 e. The molecular weight excluding hydrogens is 853 g/mol. The molecule has 0 spiro atoms. The van der Waals surface area contributed by atoms with Crippen LogP contribution in [0.25, 0.3) is 109 Å². The summed E-state index contributed by atoms with van der Waals surface area (Å²) in [5.74, 6) is 0. The van der Waals surface area contributed by atoms with E-state index in [-0.39, 0.29) is 0 Å². The van der Waals surface area contributed by atoms with Crippen LogP contribution < -0.4 is 9.80 Å². The molecule has 0 saturated carbocycles. The molecule has 0 aliphatic heterocycles. The van der Waals surface area contributed by atoms with Gasteiger partial charge in [0.25, 0.3) is 0 Å². The zero-order valence-corrected chi connectivity index (χ0v) is 37.8. The van der Waals surface area contributed by atoms with Gasteiger partial charge in [-0.3, -0.25) is 0 Å². The van der Waals surface area contributed by atoms with Gasteiger partial charge >= 0.3 is 0 Å². The smallest absolute Gasteiger partial charge is 0.178 e. The van der Waals surface area contributed by atoms with Crippen molar-refractivity contribution in [3.8, 4) is 0 Å². The van der Waals surface area contributed by atoms with E-state index >= 15 is 0 Å². The Kier molecular flexibility index (Phi) is 8.33. The van der Waals surface area contributed by atoms with Gasteiger partial charge in [-0.1, -0.05) is 170 Å². The molecule has 13 aromatic carbocycles. The Morgan fingerprint density at radius 3 is 1.01 bits per heavy atom. The van der Waals surface area contributed by atoms with Crippen molar-refractivity contribution in [1.29, 1.82) is 0 Å². The number of anilines is 6. The molecule has 0 amide bonds. The highest BCUT2D eigenvalue weighted by molar-refractivity contribution is 6.30. The van der Waals surface area contributed by atoms with Gasteiger partial charge in [-0.05, 0) is 115 Å². The quantitative estimate of drug-likeness (QED) is 0.156. The Morgan fingerprint density at radius 1 is 0.229 bits per heavy atom. The van der Waals surface area contributed by atoms with Crippen LogP contribution in [0.5, 0.6) is 0 Å². The maximum absolute atomic E-state index is 7.15. The molecule has 0 fully saturated rings. The van der Waals surface area contributed by atoms with Gasteiger partial charge in [0.05, 0.1) is 11.4 Å². The highest BCUT2D eigenvalue weighted by Gasteiger charge is 2.25. The molecule has 0 aliphatic rings. The summed E-state index contributed by atoms with van der Waals surface area (Å²) in [4.78, 5) is 4.73. The van der Waals surface area contributed by atoms with E-state index in [0.717, 1.165) is 99.5 Å². The minimum Gasteiger partial charge on any atom is -0.452 e. The van der Waals surface area contributed by atoms with E-state index in [1.54, 1.807) is 0 Å². The van der Waals surface area contributed by atoms with Crippen LogP contribution in [-0.4, -0.2) is 0 Å². The van der Waals surface area contributed by atoms with Gasteiger partial charge in [0.2, 0.25) is 0 Å². The molecule has 4 nitrogen and oxygen atoms in total. The predicted octanol–water partition coefficient (Wildman–Crippen LogP) is 19.3. The topological polar surface area (TPSA) is 32.8 Å². The zero-order valence-electron chi connectivity index (χ0n) is 37.8. The van der Waals surface area contributed by atoms with Crippen molar-refractivity contribution in [2.75, 3.05) is 9.80 Å². The number of nitrogens with zero attached hydrogens (tertiary/aromatic N) is 2. The third kappa shape index (κ3) is 5.77. The fraction of sp³-hybridized carbons (Fsp3) is 0. The molecule has 4 heteroatoms. The number of furan rings is 2. The fourth-order valence-electron chi connectivity index (χ4n) is 11.4. The average Bonchev–Trinajstić information content (AvgIpc) is 4.00. The highest BCUT2D eigenvalue weighted by Crippen LogP contribution is 2.50. The lowest BCUT2D eigenvalue weighted by Crippen LogP contribution is -2.10. The van der Waals surface area contributed by atoms with Gasteiger partial charge < -0.3 is 18.6 Å². The third-order valence-electron chi connectivity index (χ3n) is 14.5. The summed E-state index contributed by atoms with van der Waals surface area (Å²) in [5.41, 5.74) is 9.41. The lowest BCUT2D eigenvalue weighted by molar-refractivity contribution is 0.633. The maximum atomic E-state index is 7.15. The number of hydrogen-bond acceptors (Lipinski definition) is 4. The minimum atomic E-state index is 0.738. The van der Waals surface area contributed by atoms with Crippen LogP contribution in [0.15, 0.2) is 251 Å². The number of rotatable bonds is 6. The lowest BCUT2D eigenvalue weighted by Gasteiger charge is -2.27. The number of benzene rings is 13. The zero-order chi connectivity index (χ0) is 45.9. The monoisotopic (exact) mass is 892 g/mol. The van der Waals surface area contributed by atoms with Crippen molar-refractivity contribution in [2.45, 2.75) is 0 Å². The number of para-hydroxylation sites is 2. The van der Waals surface area contributed by atoms with Gasteiger partial charge in [0, 0.05) is 67.2 Å². The van der Waals surface area contributed by atoms with Gasteiger partial charge in [-0.2, -0.15) is 0 Å². The van der Waals surface area contributed by atoms with Crippen molar-refractivity contribution >= 4 is 143 Å². The lowest BCUT2D eigenvalue weighted by atomic mass is 9.98. The normalized spacial score (nSPS) is 12.0. The largest absolute Gasteiger partial charge is 0.452 e. The summed E-state index contributed by atoms with van der Waals surface area (Å²) in [6, 6.07) is 87.4. The van der Waals surface area contributed by atoms with Gasteiger partial charge in [-0.15, -0.1) is 0 Å². The summed E-state index contributed by atoms with van der Waals surface area (Å²) < 4.78 is 14.3. The first-order chi connectivity index (χ1) is 34.7. The first-order valence-electron chi connectivity index (χ1n) is 23.9. The Hall–Kier alpha value is -9.38. The molecule has 70 heavy (non-hydrogen) atoms. The fourth-order valence-corrected chi connectivity index (χ4v) is 11.4. The molecule has 0 radical (unpaired) electrons. The third-order valence-corrected chi connectivity index (χ3v) is 14.5. The highest BCUT2D eigenvalue weighted by atomic mass is 16.4. The van der Waals surface area contributed by atoms with Crippen LogP contribution in [0.4, 0.5) is 34.1 Å². The summed E-state index contributed by atoms with van der Waals surface area (Å²) in [6.45, 7) is 0. The molecule has 15 aromatic rings. The predicted molar refractivity (Wildman–Crippen MR) is 295 cm³/mol. The van der Waals surface area contributed by atoms with Crippen LogP contribution >= 0.6 is 0 Å². The summed E-state index contributed by atoms with van der Waals surface area (Å²) >= 11 is 0. The van der Waals surface area contributed by atoms with E-state index < -0.39 is 0 Å². The van der Waals surface area contributed by atoms with Gasteiger partial charge in [0.1, 0.15) is 11.2 Å². The molecule has 2 aromatic heterocycles. The SMILES string of the molecule is c1ccc(N(c2ccc3c(ccc4ccccc43)c2)c2cc3oc4c(ccc5c4oc4cc(N(c6ccccc6)c6ccc7c(ccc8ccccc87)c6)c6ccccc6c45)c3c3ccccc23)cc1. The molecule has 2 heterocycles. The van der Waals surface area contributed by atoms with E-state index in [9.17, 15) is 0 Å². The van der Waals surface area contributed by atoms with E-state index in [1.165, 1.54) is 43.1 Å². The second-order valence-electron chi connectivity index (χ2n) is 18.4. The second-order valence-corrected chi connectivity index (χ2v) is 18.4. The van der Waals surface area contributed by atoms with Crippen LogP contribution in [0.3, 0.4) is 0 Å². The average molecular weight is 893 g/mol. The molecule has 0 aliphatic carbocycles. The number of fused-ring (bicyclic) bond motifs is 17. The van der Waals surface area contributed by atoms with Crippen LogP contribution in [0.2, 0.25) is 0 Å². The molecule has 0 unspecified atom stereocenters. The first kappa shape index (κ1) is 38.7. The molecule has 0 saturated heterocycles. The molecule has 0 bridgehead atoms. The van der Waals surface area contributed by atoms with Crippen molar-refractivity contribution in [3.63, 3.8) is 0 Å². The summed E-state index contributed by atoms with van der Waals surface area (Å²) in [5, 5.41) is 18.5. The molecule has 15 rings (SSSR count). The van der Waals surface area contributed by atoms with Crippen molar-refractivity contribution < 1.29 is 8.83 Å². The van der Waals surface area contributed by atoms with E-state index in [0.29, 0.717) is 0 Å². The van der Waals surface area contributed by atoms with Crippen LogP contribution in [0, 0.1) is 0 Å². The summed E-state index contributed by atoms with van der Waals surface area (Å²) in [7, 11) is 0. The number of hydrogen-bond donors (Lipinski definition) is 0. The Balaban J connectivity index is 0.948. The molecular formula is C66H40N2O2.